The van der Waals surface area contributed by atoms with E-state index in [-0.39, 0.29) is 0 Å². The third kappa shape index (κ3) is 2.91. The Bertz CT molecular complexity index is 560. The Kier molecular flexibility index (Phi) is 4.24. The highest BCUT2D eigenvalue weighted by Crippen LogP contribution is 2.37. The zero-order valence-corrected chi connectivity index (χ0v) is 14.5. The molecule has 0 atom stereocenters. The summed E-state index contributed by atoms with van der Waals surface area (Å²) in [5.41, 5.74) is -0.114. The summed E-state index contributed by atoms with van der Waals surface area (Å²) in [7, 11) is 1.04. The molecule has 0 spiro atoms. The molecule has 23 heavy (non-hydrogen) atoms. The van der Waals surface area contributed by atoms with Crippen molar-refractivity contribution in [1.82, 2.24) is 9.97 Å². The molecule has 0 aliphatic carbocycles. The van der Waals surface area contributed by atoms with Gasteiger partial charge in [-0.15, -0.1) is 0 Å². The molecule has 3 heterocycles. The summed E-state index contributed by atoms with van der Waals surface area (Å²) < 4.78 is 23.3. The van der Waals surface area contributed by atoms with Crippen LogP contribution in [0.25, 0.3) is 0 Å². The Balaban J connectivity index is 2.00. The van der Waals surface area contributed by atoms with E-state index in [1.54, 1.807) is 7.11 Å². The van der Waals surface area contributed by atoms with Gasteiger partial charge in [0.05, 0.1) is 37.0 Å². The molecule has 0 radical (unpaired) electrons. The van der Waals surface area contributed by atoms with Crippen LogP contribution in [0.5, 0.6) is 5.88 Å². The van der Waals surface area contributed by atoms with Crippen molar-refractivity contribution in [3.63, 3.8) is 0 Å². The number of hydrogen-bond acceptors (Lipinski definition) is 7. The van der Waals surface area contributed by atoms with E-state index in [2.05, 4.69) is 14.9 Å². The molecule has 0 bridgehead atoms. The second-order valence-corrected chi connectivity index (χ2v) is 6.81. The van der Waals surface area contributed by atoms with Gasteiger partial charge in [0.1, 0.15) is 12.1 Å². The molecular weight excluding hydrogens is 297 g/mol. The minimum atomic E-state index is -0.561. The van der Waals surface area contributed by atoms with Crippen LogP contribution in [0.4, 0.5) is 5.82 Å². The first-order chi connectivity index (χ1) is 10.9. The van der Waals surface area contributed by atoms with Gasteiger partial charge in [0.15, 0.2) is 0 Å². The molecule has 2 aliphatic rings. The van der Waals surface area contributed by atoms with Gasteiger partial charge in [-0.1, -0.05) is 0 Å². The second-order valence-electron chi connectivity index (χ2n) is 6.81. The monoisotopic (exact) mass is 321 g/mol. The summed E-state index contributed by atoms with van der Waals surface area (Å²) in [6, 6.07) is 0. The highest BCUT2D eigenvalue weighted by atomic mass is 16.7. The Hall–Kier alpha value is -1.38. The first-order valence-electron chi connectivity index (χ1n) is 7.93. The van der Waals surface area contributed by atoms with Gasteiger partial charge < -0.3 is 23.7 Å². The summed E-state index contributed by atoms with van der Waals surface area (Å²) in [6.07, 6.45) is 1.51. The molecule has 1 aromatic rings. The number of anilines is 1. The summed E-state index contributed by atoms with van der Waals surface area (Å²) >= 11 is 0. The Morgan fingerprint density at radius 3 is 2.26 bits per heavy atom. The predicted molar refractivity (Wildman–Crippen MR) is 87.3 cm³/mol. The molecule has 7 nitrogen and oxygen atoms in total. The maximum atomic E-state index is 6.18. The summed E-state index contributed by atoms with van der Waals surface area (Å²) in [5.74, 6) is 1.28. The van der Waals surface area contributed by atoms with E-state index in [0.717, 1.165) is 24.4 Å². The van der Waals surface area contributed by atoms with Crippen LogP contribution >= 0.6 is 0 Å². The highest BCUT2D eigenvalue weighted by Gasteiger charge is 2.54. The van der Waals surface area contributed by atoms with Crippen LogP contribution in [0.15, 0.2) is 6.33 Å². The van der Waals surface area contributed by atoms with Crippen LogP contribution < -0.4 is 15.1 Å². The van der Waals surface area contributed by atoms with Gasteiger partial charge in [-0.3, -0.25) is 0 Å². The standard InChI is InChI=1S/C15H24BN3O4/c1-14(2)15(3,4)23-16(22-14)11-12(17-10-18-13(11)20-5)19-6-8-21-9-7-19/h10H,6-9H2,1-5H3. The number of hydrogen-bond donors (Lipinski definition) is 0. The van der Waals surface area contributed by atoms with Crippen molar-refractivity contribution >= 4 is 18.4 Å². The Morgan fingerprint density at radius 1 is 1.09 bits per heavy atom. The van der Waals surface area contributed by atoms with Gasteiger partial charge in [0.2, 0.25) is 5.88 Å². The minimum absolute atomic E-state index is 0.430. The zero-order valence-electron chi connectivity index (χ0n) is 14.5. The third-order valence-electron chi connectivity index (χ3n) is 4.82. The summed E-state index contributed by atoms with van der Waals surface area (Å²) in [4.78, 5) is 10.9. The van der Waals surface area contributed by atoms with E-state index < -0.39 is 18.3 Å². The average molecular weight is 321 g/mol. The van der Waals surface area contributed by atoms with Gasteiger partial charge in [-0.25, -0.2) is 9.97 Å². The Labute approximate surface area is 137 Å². The fourth-order valence-corrected chi connectivity index (χ4v) is 2.73. The number of nitrogens with zero attached hydrogens (tertiary/aromatic N) is 3. The van der Waals surface area contributed by atoms with Crippen molar-refractivity contribution in [2.75, 3.05) is 38.3 Å². The fraction of sp³-hybridized carbons (Fsp3) is 0.733. The van der Waals surface area contributed by atoms with Crippen LogP contribution in [0.1, 0.15) is 27.7 Å². The number of rotatable bonds is 3. The van der Waals surface area contributed by atoms with Crippen LogP contribution in [0.3, 0.4) is 0 Å². The lowest BCUT2D eigenvalue weighted by atomic mass is 9.79. The number of ether oxygens (including phenoxy) is 2. The SMILES string of the molecule is COc1ncnc(N2CCOCC2)c1B1OC(C)(C)C(C)(C)O1. The number of morpholine rings is 1. The van der Waals surface area contributed by atoms with Crippen molar-refractivity contribution in [3.8, 4) is 5.88 Å². The first kappa shape index (κ1) is 16.5. The van der Waals surface area contributed by atoms with E-state index in [9.17, 15) is 0 Å². The van der Waals surface area contributed by atoms with Crippen molar-refractivity contribution < 1.29 is 18.8 Å². The topological polar surface area (TPSA) is 65.9 Å². The lowest BCUT2D eigenvalue weighted by Crippen LogP contribution is -2.45. The van der Waals surface area contributed by atoms with Crippen LogP contribution in [0, 0.1) is 0 Å². The molecule has 0 saturated carbocycles. The maximum absolute atomic E-state index is 6.18. The lowest BCUT2D eigenvalue weighted by molar-refractivity contribution is 0.00578. The largest absolute Gasteiger partial charge is 0.504 e. The maximum Gasteiger partial charge on any atom is 0.504 e. The molecule has 1 aromatic heterocycles. The highest BCUT2D eigenvalue weighted by molar-refractivity contribution is 6.64. The van der Waals surface area contributed by atoms with Gasteiger partial charge in [-0.2, -0.15) is 0 Å². The smallest absolute Gasteiger partial charge is 0.481 e. The molecule has 2 fully saturated rings. The summed E-state index contributed by atoms with van der Waals surface area (Å²) in [6.45, 7) is 11.0. The van der Waals surface area contributed by atoms with Crippen molar-refractivity contribution in [1.29, 1.82) is 0 Å². The molecule has 0 unspecified atom stereocenters. The molecule has 2 saturated heterocycles. The van der Waals surface area contributed by atoms with E-state index in [1.165, 1.54) is 6.33 Å². The quantitative estimate of drug-likeness (QED) is 0.756. The molecule has 8 heteroatoms. The Morgan fingerprint density at radius 2 is 1.70 bits per heavy atom. The molecule has 0 amide bonds. The van der Waals surface area contributed by atoms with Crippen molar-refractivity contribution in [2.24, 2.45) is 0 Å². The molecule has 0 aromatic carbocycles. The average Bonchev–Trinajstić information content (AvgIpc) is 2.75. The van der Waals surface area contributed by atoms with Crippen molar-refractivity contribution in [2.45, 2.75) is 38.9 Å². The van der Waals surface area contributed by atoms with Crippen LogP contribution in [-0.4, -0.2) is 61.7 Å². The fourth-order valence-electron chi connectivity index (χ4n) is 2.73. The normalized spacial score (nSPS) is 23.2. The number of aromatic nitrogens is 2. The van der Waals surface area contributed by atoms with Crippen molar-refractivity contribution in [3.05, 3.63) is 6.33 Å². The van der Waals surface area contributed by atoms with E-state index >= 15 is 0 Å². The molecule has 0 N–H and O–H groups in total. The van der Waals surface area contributed by atoms with Gasteiger partial charge in [-0.05, 0) is 27.7 Å². The predicted octanol–water partition coefficient (Wildman–Crippen LogP) is 0.621. The van der Waals surface area contributed by atoms with E-state index in [4.69, 9.17) is 18.8 Å². The third-order valence-corrected chi connectivity index (χ3v) is 4.82. The second kappa shape index (κ2) is 5.92. The van der Waals surface area contributed by atoms with Crippen LogP contribution in [-0.2, 0) is 14.0 Å². The minimum Gasteiger partial charge on any atom is -0.481 e. The van der Waals surface area contributed by atoms with E-state index in [0.29, 0.717) is 19.1 Å². The van der Waals surface area contributed by atoms with Gasteiger partial charge >= 0.3 is 7.12 Å². The molecule has 3 rings (SSSR count). The van der Waals surface area contributed by atoms with Gasteiger partial charge in [0, 0.05) is 13.1 Å². The molecule has 126 valence electrons. The molecular formula is C15H24BN3O4. The van der Waals surface area contributed by atoms with E-state index in [1.807, 2.05) is 27.7 Å². The summed E-state index contributed by atoms with van der Waals surface area (Å²) in [5, 5.41) is 0. The van der Waals surface area contributed by atoms with Crippen LogP contribution in [0.2, 0.25) is 0 Å². The zero-order chi connectivity index (χ0) is 16.7. The molecule has 2 aliphatic heterocycles. The first-order valence-corrected chi connectivity index (χ1v) is 7.93. The lowest BCUT2D eigenvalue weighted by Gasteiger charge is -2.32. The number of methoxy groups -OCH3 is 1. The van der Waals surface area contributed by atoms with Gasteiger partial charge in [0.25, 0.3) is 0 Å².